The Morgan fingerprint density at radius 3 is 2.92 bits per heavy atom. The number of H-pyrrole nitrogens is 1. The first-order valence-corrected chi connectivity index (χ1v) is 8.34. The van der Waals surface area contributed by atoms with Crippen LogP contribution in [0, 0.1) is 0 Å². The van der Waals surface area contributed by atoms with Crippen molar-refractivity contribution in [2.24, 2.45) is 0 Å². The maximum atomic E-state index is 13.1. The lowest BCUT2D eigenvalue weighted by molar-refractivity contribution is 0.0659. The predicted octanol–water partition coefficient (Wildman–Crippen LogP) is 2.91. The number of fused-ring (bicyclic) bond motifs is 2. The Kier molecular flexibility index (Phi) is 3.31. The molecule has 3 heterocycles. The van der Waals surface area contributed by atoms with Gasteiger partial charge in [0.2, 0.25) is 6.79 Å². The minimum atomic E-state index is -0.377. The molecule has 0 saturated heterocycles. The molecule has 7 nitrogen and oxygen atoms in total. The summed E-state index contributed by atoms with van der Waals surface area (Å²) in [5.41, 5.74) is 2.41. The zero-order chi connectivity index (χ0) is 17.5. The van der Waals surface area contributed by atoms with Crippen LogP contribution in [0.5, 0.6) is 11.5 Å². The van der Waals surface area contributed by atoms with E-state index in [9.17, 15) is 4.79 Å². The summed E-state index contributed by atoms with van der Waals surface area (Å²) in [6.45, 7) is 0.646. The molecule has 0 radical (unpaired) electrons. The van der Waals surface area contributed by atoms with Crippen molar-refractivity contribution in [3.63, 3.8) is 0 Å². The molecule has 2 aliphatic heterocycles. The molecule has 0 unspecified atom stereocenters. The summed E-state index contributed by atoms with van der Waals surface area (Å²) >= 11 is 0. The maximum Gasteiger partial charge on any atom is 0.258 e. The minimum absolute atomic E-state index is 0.0431. The molecule has 2 aliphatic rings. The summed E-state index contributed by atoms with van der Waals surface area (Å²) < 4.78 is 10.8. The van der Waals surface area contributed by atoms with Crippen LogP contribution in [0.2, 0.25) is 0 Å². The number of nitrogens with one attached hydrogen (secondary N) is 2. The van der Waals surface area contributed by atoms with E-state index < -0.39 is 0 Å². The van der Waals surface area contributed by atoms with Crippen molar-refractivity contribution in [2.75, 3.05) is 12.1 Å². The number of imidazole rings is 1. The molecule has 0 aliphatic carbocycles. The van der Waals surface area contributed by atoms with Crippen molar-refractivity contribution < 1.29 is 14.3 Å². The number of ether oxygens (including phenoxy) is 2. The molecule has 0 fully saturated rings. The number of nitrogens with zero attached hydrogens (tertiary/aromatic N) is 2. The van der Waals surface area contributed by atoms with Crippen molar-refractivity contribution in [3.05, 3.63) is 71.8 Å². The molecule has 1 amide bonds. The quantitative estimate of drug-likeness (QED) is 0.761. The number of hydrogen-bond donors (Lipinski definition) is 2. The second-order valence-corrected chi connectivity index (χ2v) is 6.19. The first-order chi connectivity index (χ1) is 12.8. The zero-order valence-corrected chi connectivity index (χ0v) is 13.8. The first kappa shape index (κ1) is 14.8. The Bertz CT molecular complexity index is 971. The van der Waals surface area contributed by atoms with Gasteiger partial charge in [-0.25, -0.2) is 4.98 Å². The highest BCUT2D eigenvalue weighted by Gasteiger charge is 2.34. The number of aromatic nitrogens is 2. The largest absolute Gasteiger partial charge is 0.454 e. The Labute approximate surface area is 149 Å². The zero-order valence-electron chi connectivity index (χ0n) is 13.8. The lowest BCUT2D eigenvalue weighted by atomic mass is 10.1. The van der Waals surface area contributed by atoms with Crippen molar-refractivity contribution >= 4 is 11.6 Å². The van der Waals surface area contributed by atoms with Crippen LogP contribution in [0.15, 0.2) is 54.9 Å². The molecule has 26 heavy (non-hydrogen) atoms. The fourth-order valence-electron chi connectivity index (χ4n) is 3.33. The van der Waals surface area contributed by atoms with Crippen LogP contribution in [0.3, 0.4) is 0 Å². The van der Waals surface area contributed by atoms with Gasteiger partial charge in [0.05, 0.1) is 5.56 Å². The number of rotatable bonds is 3. The van der Waals surface area contributed by atoms with Crippen molar-refractivity contribution in [2.45, 2.75) is 12.7 Å². The third-order valence-electron chi connectivity index (χ3n) is 4.59. The van der Waals surface area contributed by atoms with Gasteiger partial charge in [-0.2, -0.15) is 0 Å². The average Bonchev–Trinajstić information content (AvgIpc) is 3.35. The Hall–Kier alpha value is -3.48. The lowest BCUT2D eigenvalue weighted by Crippen LogP contribution is -2.42. The second kappa shape index (κ2) is 5.80. The molecule has 2 N–H and O–H groups in total. The van der Waals surface area contributed by atoms with Crippen LogP contribution in [0.1, 0.15) is 27.9 Å². The second-order valence-electron chi connectivity index (χ2n) is 6.19. The fraction of sp³-hybridized carbons (Fsp3) is 0.158. The minimum Gasteiger partial charge on any atom is -0.454 e. The van der Waals surface area contributed by atoms with Crippen molar-refractivity contribution in [1.29, 1.82) is 0 Å². The summed E-state index contributed by atoms with van der Waals surface area (Å²) in [7, 11) is 0. The van der Waals surface area contributed by atoms with Crippen molar-refractivity contribution in [3.8, 4) is 11.5 Å². The van der Waals surface area contributed by atoms with E-state index >= 15 is 0 Å². The van der Waals surface area contributed by atoms with E-state index in [1.165, 1.54) is 0 Å². The number of anilines is 1. The van der Waals surface area contributed by atoms with E-state index in [1.54, 1.807) is 17.3 Å². The third kappa shape index (κ3) is 2.36. The number of carbonyl (C=O) groups is 1. The van der Waals surface area contributed by atoms with E-state index in [1.807, 2.05) is 42.5 Å². The summed E-state index contributed by atoms with van der Waals surface area (Å²) in [4.78, 5) is 22.4. The third-order valence-corrected chi connectivity index (χ3v) is 4.59. The van der Waals surface area contributed by atoms with E-state index in [-0.39, 0.29) is 18.9 Å². The van der Waals surface area contributed by atoms with E-state index in [0.717, 1.165) is 17.0 Å². The number of para-hydroxylation sites is 1. The van der Waals surface area contributed by atoms with Gasteiger partial charge in [0.25, 0.3) is 5.91 Å². The molecule has 5 rings (SSSR count). The highest BCUT2D eigenvalue weighted by molar-refractivity contribution is 6.01. The van der Waals surface area contributed by atoms with Crippen LogP contribution < -0.4 is 14.8 Å². The fourth-order valence-corrected chi connectivity index (χ4v) is 3.33. The van der Waals surface area contributed by atoms with Gasteiger partial charge in [0, 0.05) is 24.6 Å². The molecule has 2 aromatic carbocycles. The molecule has 3 aromatic rings. The van der Waals surface area contributed by atoms with Crippen LogP contribution in [-0.2, 0) is 6.54 Å². The SMILES string of the molecule is O=C1c2ccccc2N[C@@H](c2ncc[nH]2)N1Cc1ccc2c(c1)OCO2. The normalized spacial score (nSPS) is 17.8. The Balaban J connectivity index is 1.53. The Morgan fingerprint density at radius 2 is 2.04 bits per heavy atom. The molecule has 0 spiro atoms. The van der Waals surface area contributed by atoms with Crippen LogP contribution >= 0.6 is 0 Å². The van der Waals surface area contributed by atoms with Gasteiger partial charge in [-0.15, -0.1) is 0 Å². The van der Waals surface area contributed by atoms with Crippen LogP contribution in [0.4, 0.5) is 5.69 Å². The predicted molar refractivity (Wildman–Crippen MR) is 93.8 cm³/mol. The van der Waals surface area contributed by atoms with Gasteiger partial charge < -0.3 is 24.7 Å². The number of hydrogen-bond acceptors (Lipinski definition) is 5. The number of carbonyl (C=O) groups excluding carboxylic acids is 1. The molecule has 0 bridgehead atoms. The first-order valence-electron chi connectivity index (χ1n) is 8.34. The van der Waals surface area contributed by atoms with E-state index in [0.29, 0.717) is 23.7 Å². The highest BCUT2D eigenvalue weighted by Crippen LogP contribution is 2.36. The van der Waals surface area contributed by atoms with Crippen molar-refractivity contribution in [1.82, 2.24) is 14.9 Å². The van der Waals surface area contributed by atoms with Gasteiger partial charge in [-0.3, -0.25) is 4.79 Å². The van der Waals surface area contributed by atoms with Gasteiger partial charge in [0.1, 0.15) is 5.82 Å². The molecule has 1 atom stereocenters. The summed E-state index contributed by atoms with van der Waals surface area (Å²) in [5, 5.41) is 3.41. The van der Waals surface area contributed by atoms with Gasteiger partial charge >= 0.3 is 0 Å². The standard InChI is InChI=1S/C19H16N4O3/c24-19-13-3-1-2-4-14(13)22-18(17-20-7-8-21-17)23(19)10-12-5-6-15-16(9-12)26-11-25-15/h1-9,18,22H,10-11H2,(H,20,21)/t18-/m1/s1. The molecule has 130 valence electrons. The number of benzene rings is 2. The molecular formula is C19H16N4O3. The van der Waals surface area contributed by atoms with E-state index in [4.69, 9.17) is 9.47 Å². The molecule has 7 heteroatoms. The lowest BCUT2D eigenvalue weighted by Gasteiger charge is -2.36. The Morgan fingerprint density at radius 1 is 1.15 bits per heavy atom. The van der Waals surface area contributed by atoms with Gasteiger partial charge in [-0.05, 0) is 29.8 Å². The summed E-state index contributed by atoms with van der Waals surface area (Å²) in [6, 6.07) is 13.2. The van der Waals surface area contributed by atoms with Crippen LogP contribution in [-0.4, -0.2) is 27.6 Å². The summed E-state index contributed by atoms with van der Waals surface area (Å²) in [5.74, 6) is 2.08. The maximum absolute atomic E-state index is 13.1. The average molecular weight is 348 g/mol. The van der Waals surface area contributed by atoms with E-state index in [2.05, 4.69) is 15.3 Å². The van der Waals surface area contributed by atoms with Gasteiger partial charge in [0.15, 0.2) is 17.7 Å². The highest BCUT2D eigenvalue weighted by atomic mass is 16.7. The number of aromatic amines is 1. The monoisotopic (exact) mass is 348 g/mol. The summed E-state index contributed by atoms with van der Waals surface area (Å²) in [6.07, 6.45) is 3.06. The molecule has 1 aromatic heterocycles. The topological polar surface area (TPSA) is 79.5 Å². The molecular weight excluding hydrogens is 332 g/mol. The smallest absolute Gasteiger partial charge is 0.258 e. The number of amides is 1. The van der Waals surface area contributed by atoms with Gasteiger partial charge in [-0.1, -0.05) is 18.2 Å². The van der Waals surface area contributed by atoms with Crippen LogP contribution in [0.25, 0.3) is 0 Å². The molecule has 0 saturated carbocycles.